The third-order valence-electron chi connectivity index (χ3n) is 4.59. The van der Waals surface area contributed by atoms with Crippen molar-refractivity contribution in [1.29, 1.82) is 0 Å². The largest absolute Gasteiger partial charge is 0.496 e. The highest BCUT2D eigenvalue weighted by Crippen LogP contribution is 2.35. The van der Waals surface area contributed by atoms with E-state index < -0.39 is 11.7 Å². The Kier molecular flexibility index (Phi) is 5.54. The van der Waals surface area contributed by atoms with E-state index in [4.69, 9.17) is 10.5 Å². The minimum Gasteiger partial charge on any atom is -0.496 e. The van der Waals surface area contributed by atoms with Gasteiger partial charge >= 0.3 is 0 Å². The van der Waals surface area contributed by atoms with Crippen LogP contribution in [0.15, 0.2) is 60.7 Å². The zero-order chi connectivity index (χ0) is 20.3. The molecule has 0 aliphatic rings. The summed E-state index contributed by atoms with van der Waals surface area (Å²) < 4.78 is 20.7. The number of amides is 1. The molecule has 0 bridgehead atoms. The molecular weight excluding hydrogens is 357 g/mol. The summed E-state index contributed by atoms with van der Waals surface area (Å²) in [6.45, 7) is 1.47. The lowest BCUT2D eigenvalue weighted by molar-refractivity contribution is 0.0996. The van der Waals surface area contributed by atoms with E-state index in [0.717, 1.165) is 5.56 Å². The molecule has 28 heavy (non-hydrogen) atoms. The lowest BCUT2D eigenvalue weighted by atomic mass is 9.95. The van der Waals surface area contributed by atoms with Gasteiger partial charge in [0.1, 0.15) is 11.6 Å². The van der Waals surface area contributed by atoms with Gasteiger partial charge < -0.3 is 10.5 Å². The van der Waals surface area contributed by atoms with Gasteiger partial charge in [-0.05, 0) is 47.9 Å². The number of carbonyl (C=O) groups excluding carboxylic acids is 2. The molecule has 0 unspecified atom stereocenters. The van der Waals surface area contributed by atoms with Gasteiger partial charge in [-0.2, -0.15) is 0 Å². The number of ether oxygens (including phenoxy) is 1. The van der Waals surface area contributed by atoms with E-state index in [9.17, 15) is 9.59 Å². The van der Waals surface area contributed by atoms with Crippen LogP contribution >= 0.6 is 0 Å². The van der Waals surface area contributed by atoms with Crippen LogP contribution in [0.5, 0.6) is 5.75 Å². The van der Waals surface area contributed by atoms with E-state index in [-0.39, 0.29) is 5.78 Å². The second-order valence-electron chi connectivity index (χ2n) is 6.49. The molecule has 0 radical (unpaired) electrons. The monoisotopic (exact) mass is 377 g/mol. The Hall–Kier alpha value is -3.47. The molecule has 2 N–H and O–H groups in total. The second-order valence-corrected chi connectivity index (χ2v) is 6.49. The Morgan fingerprint density at radius 2 is 1.71 bits per heavy atom. The van der Waals surface area contributed by atoms with Crippen molar-refractivity contribution < 1.29 is 18.7 Å². The van der Waals surface area contributed by atoms with Crippen LogP contribution in [0, 0.1) is 5.82 Å². The molecule has 3 aromatic carbocycles. The number of halogens is 1. The number of methoxy groups -OCH3 is 1. The molecule has 3 aromatic rings. The van der Waals surface area contributed by atoms with E-state index in [1.165, 1.54) is 14.0 Å². The standard InChI is InChI=1S/C23H20FNO3/c1-14(26)17-4-3-5-18(13-17)21-20(28-2)11-10-19(22(21)24)12-15-6-8-16(9-7-15)23(25)27/h3-11,13H,12H2,1-2H3,(H2,25,27). The maximum Gasteiger partial charge on any atom is 0.248 e. The molecule has 0 heterocycles. The van der Waals surface area contributed by atoms with E-state index in [2.05, 4.69) is 0 Å². The summed E-state index contributed by atoms with van der Waals surface area (Å²) in [7, 11) is 1.48. The van der Waals surface area contributed by atoms with Crippen molar-refractivity contribution in [1.82, 2.24) is 0 Å². The number of Topliss-reactive ketones (excluding diaryl/α,β-unsaturated/α-hetero) is 1. The van der Waals surface area contributed by atoms with Crippen molar-refractivity contribution in [3.63, 3.8) is 0 Å². The van der Waals surface area contributed by atoms with Crippen molar-refractivity contribution in [2.24, 2.45) is 5.73 Å². The van der Waals surface area contributed by atoms with E-state index >= 15 is 4.39 Å². The first-order valence-electron chi connectivity index (χ1n) is 8.76. The summed E-state index contributed by atoms with van der Waals surface area (Å²) in [6.07, 6.45) is 0.342. The first-order chi connectivity index (χ1) is 13.4. The first-order valence-corrected chi connectivity index (χ1v) is 8.76. The van der Waals surface area contributed by atoms with E-state index in [1.54, 1.807) is 60.7 Å². The van der Waals surface area contributed by atoms with Crippen LogP contribution in [-0.2, 0) is 6.42 Å². The average Bonchev–Trinajstić information content (AvgIpc) is 2.69. The van der Waals surface area contributed by atoms with Crippen molar-refractivity contribution >= 4 is 11.7 Å². The summed E-state index contributed by atoms with van der Waals surface area (Å²) in [4.78, 5) is 22.9. The average molecular weight is 377 g/mol. The van der Waals surface area contributed by atoms with Crippen LogP contribution in [0.1, 0.15) is 38.8 Å². The molecule has 5 heteroatoms. The van der Waals surface area contributed by atoms with Gasteiger partial charge in [-0.25, -0.2) is 4.39 Å². The predicted molar refractivity (Wildman–Crippen MR) is 106 cm³/mol. The highest BCUT2D eigenvalue weighted by molar-refractivity contribution is 5.95. The second kappa shape index (κ2) is 8.05. The van der Waals surface area contributed by atoms with Crippen LogP contribution in [0.2, 0.25) is 0 Å². The molecular formula is C23H20FNO3. The number of primary amides is 1. The number of nitrogens with two attached hydrogens (primary N) is 1. The molecule has 0 aliphatic heterocycles. The molecule has 0 saturated heterocycles. The molecule has 0 atom stereocenters. The van der Waals surface area contributed by atoms with Crippen molar-refractivity contribution in [2.75, 3.05) is 7.11 Å². The molecule has 0 saturated carbocycles. The van der Waals surface area contributed by atoms with Crippen LogP contribution in [0.25, 0.3) is 11.1 Å². The first kappa shape index (κ1) is 19.3. The van der Waals surface area contributed by atoms with Crippen molar-refractivity contribution in [3.8, 4) is 16.9 Å². The zero-order valence-electron chi connectivity index (χ0n) is 15.7. The molecule has 0 fully saturated rings. The van der Waals surface area contributed by atoms with Gasteiger partial charge in [0.05, 0.1) is 12.7 Å². The van der Waals surface area contributed by atoms with Gasteiger partial charge in [-0.15, -0.1) is 0 Å². The van der Waals surface area contributed by atoms with Crippen LogP contribution in [-0.4, -0.2) is 18.8 Å². The highest BCUT2D eigenvalue weighted by Gasteiger charge is 2.17. The smallest absolute Gasteiger partial charge is 0.248 e. The Morgan fingerprint density at radius 1 is 1.00 bits per heavy atom. The minimum absolute atomic E-state index is 0.0908. The van der Waals surface area contributed by atoms with Crippen LogP contribution < -0.4 is 10.5 Å². The third kappa shape index (κ3) is 3.93. The fraction of sp³-hybridized carbons (Fsp3) is 0.130. The normalized spacial score (nSPS) is 10.5. The number of ketones is 1. The number of rotatable bonds is 6. The number of hydrogen-bond donors (Lipinski definition) is 1. The van der Waals surface area contributed by atoms with Crippen LogP contribution in [0.3, 0.4) is 0 Å². The third-order valence-corrected chi connectivity index (χ3v) is 4.59. The SMILES string of the molecule is COc1ccc(Cc2ccc(C(N)=O)cc2)c(F)c1-c1cccc(C(C)=O)c1. The maximum absolute atomic E-state index is 15.4. The summed E-state index contributed by atoms with van der Waals surface area (Å²) in [6, 6.07) is 17.0. The molecule has 0 aromatic heterocycles. The van der Waals surface area contributed by atoms with Gasteiger partial charge in [0.15, 0.2) is 5.78 Å². The number of carbonyl (C=O) groups is 2. The molecule has 4 nitrogen and oxygen atoms in total. The van der Waals surface area contributed by atoms with Gasteiger partial charge in [-0.3, -0.25) is 9.59 Å². The maximum atomic E-state index is 15.4. The quantitative estimate of drug-likeness (QED) is 0.648. The van der Waals surface area contributed by atoms with Gasteiger partial charge in [0.2, 0.25) is 5.91 Å². The van der Waals surface area contributed by atoms with Gasteiger partial charge in [-0.1, -0.05) is 36.4 Å². The van der Waals surface area contributed by atoms with Gasteiger partial charge in [0, 0.05) is 17.5 Å². The summed E-state index contributed by atoms with van der Waals surface area (Å²) in [5.41, 5.74) is 8.38. The highest BCUT2D eigenvalue weighted by atomic mass is 19.1. The van der Waals surface area contributed by atoms with Crippen molar-refractivity contribution in [2.45, 2.75) is 13.3 Å². The predicted octanol–water partition coefficient (Wildman–Crippen LogP) is 4.39. The Bertz CT molecular complexity index is 1040. The number of benzene rings is 3. The van der Waals surface area contributed by atoms with Crippen LogP contribution in [0.4, 0.5) is 4.39 Å². The lowest BCUT2D eigenvalue weighted by Gasteiger charge is -2.14. The Balaban J connectivity index is 2.03. The molecule has 142 valence electrons. The molecule has 1 amide bonds. The van der Waals surface area contributed by atoms with Crippen molar-refractivity contribution in [3.05, 3.63) is 88.7 Å². The van der Waals surface area contributed by atoms with Gasteiger partial charge in [0.25, 0.3) is 0 Å². The zero-order valence-corrected chi connectivity index (χ0v) is 15.7. The van der Waals surface area contributed by atoms with E-state index in [1.807, 2.05) is 0 Å². The number of hydrogen-bond acceptors (Lipinski definition) is 3. The topological polar surface area (TPSA) is 69.4 Å². The Morgan fingerprint density at radius 3 is 2.32 bits per heavy atom. The molecule has 0 aliphatic carbocycles. The fourth-order valence-electron chi connectivity index (χ4n) is 3.08. The minimum atomic E-state index is -0.505. The lowest BCUT2D eigenvalue weighted by Crippen LogP contribution is -2.10. The summed E-state index contributed by atoms with van der Waals surface area (Å²) in [5, 5.41) is 0. The summed E-state index contributed by atoms with van der Waals surface area (Å²) in [5.74, 6) is -0.605. The molecule has 0 spiro atoms. The fourth-order valence-corrected chi connectivity index (χ4v) is 3.08. The molecule has 3 rings (SSSR count). The summed E-state index contributed by atoms with van der Waals surface area (Å²) >= 11 is 0. The Labute approximate surface area is 162 Å². The van der Waals surface area contributed by atoms with E-state index in [0.29, 0.717) is 40.0 Å².